The van der Waals surface area contributed by atoms with Gasteiger partial charge >= 0.3 is 12.0 Å². The molecule has 0 aromatic heterocycles. The number of hydrogen-bond acceptors (Lipinski definition) is 3. The summed E-state index contributed by atoms with van der Waals surface area (Å²) in [5, 5.41) is 14.1. The smallest absolute Gasteiger partial charge is 0.315 e. The third-order valence-corrected chi connectivity index (χ3v) is 4.63. The number of carbonyl (C=O) groups excluding carboxylic acids is 1. The lowest BCUT2D eigenvalue weighted by Gasteiger charge is -2.13. The fourth-order valence-corrected chi connectivity index (χ4v) is 2.87. The Morgan fingerprint density at radius 3 is 2.64 bits per heavy atom. The van der Waals surface area contributed by atoms with E-state index in [0.717, 1.165) is 11.5 Å². The zero-order valence-corrected chi connectivity index (χ0v) is 15.4. The summed E-state index contributed by atoms with van der Waals surface area (Å²) in [6.07, 6.45) is 0.498. The lowest BCUT2D eigenvalue weighted by Crippen LogP contribution is -2.41. The summed E-state index contributed by atoms with van der Waals surface area (Å²) >= 11 is 4.04. The van der Waals surface area contributed by atoms with E-state index in [1.54, 1.807) is 18.7 Å². The Labute approximate surface area is 148 Å². The maximum atomic E-state index is 11.6. The highest BCUT2D eigenvalue weighted by Crippen LogP contribution is 2.13. The molecular formula is C15H21IN2O3S. The Morgan fingerprint density at radius 2 is 2.00 bits per heavy atom. The highest BCUT2D eigenvalue weighted by atomic mass is 127. The van der Waals surface area contributed by atoms with E-state index in [2.05, 4.69) is 57.5 Å². The molecule has 1 rings (SSSR count). The molecular weight excluding hydrogens is 415 g/mol. The number of carboxylic acid groups (broad SMARTS) is 1. The van der Waals surface area contributed by atoms with Gasteiger partial charge in [0.15, 0.2) is 0 Å². The molecule has 1 atom stereocenters. The summed E-state index contributed by atoms with van der Waals surface area (Å²) in [5.74, 6) is 0.916. The summed E-state index contributed by atoms with van der Waals surface area (Å²) in [5.41, 5.74) is 1.28. The Hall–Kier alpha value is -0.960. The molecule has 0 aliphatic heterocycles. The Bertz CT molecular complexity index is 482. The molecule has 22 heavy (non-hydrogen) atoms. The number of rotatable bonds is 9. The fourth-order valence-electron chi connectivity index (χ4n) is 1.69. The molecule has 7 heteroatoms. The second kappa shape index (κ2) is 10.7. The lowest BCUT2D eigenvalue weighted by atomic mass is 10.2. The Balaban J connectivity index is 2.07. The first kappa shape index (κ1) is 19.1. The first-order valence-electron chi connectivity index (χ1n) is 7.05. The van der Waals surface area contributed by atoms with Crippen LogP contribution in [-0.4, -0.2) is 35.4 Å². The second-order valence-electron chi connectivity index (χ2n) is 4.91. The molecule has 0 saturated heterocycles. The van der Waals surface area contributed by atoms with Crippen LogP contribution in [0.3, 0.4) is 0 Å². The summed E-state index contributed by atoms with van der Waals surface area (Å²) in [7, 11) is 0. The number of hydrogen-bond donors (Lipinski definition) is 3. The zero-order valence-electron chi connectivity index (χ0n) is 12.5. The number of aliphatic carboxylic acids is 1. The van der Waals surface area contributed by atoms with Gasteiger partial charge in [-0.3, -0.25) is 4.79 Å². The molecule has 3 N–H and O–H groups in total. The topological polar surface area (TPSA) is 78.4 Å². The number of amides is 2. The van der Waals surface area contributed by atoms with E-state index in [1.807, 2.05) is 0 Å². The molecule has 1 aromatic carbocycles. The summed E-state index contributed by atoms with van der Waals surface area (Å²) in [4.78, 5) is 22.0. The molecule has 0 unspecified atom stereocenters. The number of benzene rings is 1. The van der Waals surface area contributed by atoms with Gasteiger partial charge in [0.2, 0.25) is 0 Å². The predicted octanol–water partition coefficient (Wildman–Crippen LogP) is 3.08. The normalized spacial score (nSPS) is 11.7. The third kappa shape index (κ3) is 9.14. The summed E-state index contributed by atoms with van der Waals surface area (Å²) in [6.45, 7) is 2.39. The van der Waals surface area contributed by atoms with Crippen LogP contribution in [0.4, 0.5) is 4.79 Å². The highest BCUT2D eigenvalue weighted by molar-refractivity contribution is 14.1. The van der Waals surface area contributed by atoms with Crippen LogP contribution in [0, 0.1) is 3.57 Å². The number of carbonyl (C=O) groups is 2. The van der Waals surface area contributed by atoms with Crippen molar-refractivity contribution in [2.24, 2.45) is 0 Å². The molecule has 0 aliphatic rings. The highest BCUT2D eigenvalue weighted by Gasteiger charge is 2.08. The molecule has 5 nitrogen and oxygen atoms in total. The van der Waals surface area contributed by atoms with E-state index in [4.69, 9.17) is 5.11 Å². The number of thioether (sulfide) groups is 1. The average Bonchev–Trinajstić information content (AvgIpc) is 2.46. The van der Waals surface area contributed by atoms with Crippen LogP contribution in [0.5, 0.6) is 0 Å². The molecule has 0 heterocycles. The van der Waals surface area contributed by atoms with E-state index in [0.29, 0.717) is 13.0 Å². The zero-order chi connectivity index (χ0) is 16.4. The van der Waals surface area contributed by atoms with Crippen LogP contribution >= 0.6 is 34.4 Å². The monoisotopic (exact) mass is 436 g/mol. The first-order chi connectivity index (χ1) is 10.5. The first-order valence-corrected chi connectivity index (χ1v) is 9.29. The fraction of sp³-hybridized carbons (Fsp3) is 0.467. The lowest BCUT2D eigenvalue weighted by molar-refractivity contribution is -0.137. The van der Waals surface area contributed by atoms with Crippen LogP contribution in [-0.2, 0) is 10.5 Å². The quantitative estimate of drug-likeness (QED) is 0.411. The molecule has 0 fully saturated rings. The van der Waals surface area contributed by atoms with Gasteiger partial charge < -0.3 is 15.7 Å². The van der Waals surface area contributed by atoms with Gasteiger partial charge in [-0.25, -0.2) is 4.79 Å². The van der Waals surface area contributed by atoms with E-state index >= 15 is 0 Å². The molecule has 0 radical (unpaired) electrons. The van der Waals surface area contributed by atoms with Crippen molar-refractivity contribution in [2.75, 3.05) is 12.3 Å². The molecule has 122 valence electrons. The minimum atomic E-state index is -0.846. The van der Waals surface area contributed by atoms with Crippen LogP contribution < -0.4 is 10.6 Å². The molecule has 0 spiro atoms. The van der Waals surface area contributed by atoms with Crippen molar-refractivity contribution in [3.05, 3.63) is 33.4 Å². The van der Waals surface area contributed by atoms with Crippen molar-refractivity contribution in [2.45, 2.75) is 31.6 Å². The third-order valence-electron chi connectivity index (χ3n) is 2.88. The minimum absolute atomic E-state index is 0.0628. The number of nitrogens with one attached hydrogen (secondary N) is 2. The van der Waals surface area contributed by atoms with Crippen molar-refractivity contribution in [3.8, 4) is 0 Å². The maximum Gasteiger partial charge on any atom is 0.315 e. The van der Waals surface area contributed by atoms with Gasteiger partial charge in [0, 0.05) is 34.1 Å². The molecule has 0 saturated carbocycles. The van der Waals surface area contributed by atoms with Gasteiger partial charge in [-0.2, -0.15) is 11.8 Å². The van der Waals surface area contributed by atoms with E-state index < -0.39 is 5.97 Å². The van der Waals surface area contributed by atoms with Gasteiger partial charge in [-0.15, -0.1) is 0 Å². The largest absolute Gasteiger partial charge is 0.481 e. The second-order valence-corrected chi connectivity index (χ2v) is 7.26. The van der Waals surface area contributed by atoms with Crippen LogP contribution in [0.2, 0.25) is 0 Å². The number of urea groups is 1. The molecule has 2 amide bonds. The van der Waals surface area contributed by atoms with Gasteiger partial charge in [0.05, 0.1) is 0 Å². The van der Waals surface area contributed by atoms with Crippen LogP contribution in [0.25, 0.3) is 0 Å². The van der Waals surface area contributed by atoms with Crippen molar-refractivity contribution in [1.29, 1.82) is 0 Å². The standard InChI is InChI=1S/C15H21IN2O3S/c1-11(2-7-14(19)20)18-15(21)17-8-9-22-10-12-3-5-13(16)6-4-12/h3-6,11H,2,7-10H2,1H3,(H,19,20)(H2,17,18,21)/t11-/m1/s1. The van der Waals surface area contributed by atoms with E-state index in [1.165, 1.54) is 9.13 Å². The minimum Gasteiger partial charge on any atom is -0.481 e. The van der Waals surface area contributed by atoms with Crippen LogP contribution in [0.15, 0.2) is 24.3 Å². The van der Waals surface area contributed by atoms with Gasteiger partial charge in [0.25, 0.3) is 0 Å². The van der Waals surface area contributed by atoms with Crippen molar-refractivity contribution < 1.29 is 14.7 Å². The van der Waals surface area contributed by atoms with E-state index in [9.17, 15) is 9.59 Å². The number of halogens is 1. The van der Waals surface area contributed by atoms with Crippen LogP contribution in [0.1, 0.15) is 25.3 Å². The molecule has 1 aromatic rings. The van der Waals surface area contributed by atoms with E-state index in [-0.39, 0.29) is 18.5 Å². The number of carboxylic acids is 1. The van der Waals surface area contributed by atoms with Crippen molar-refractivity contribution in [3.63, 3.8) is 0 Å². The predicted molar refractivity (Wildman–Crippen MR) is 98.2 cm³/mol. The van der Waals surface area contributed by atoms with Gasteiger partial charge in [-0.1, -0.05) is 12.1 Å². The van der Waals surface area contributed by atoms with Gasteiger partial charge in [0.1, 0.15) is 0 Å². The maximum absolute atomic E-state index is 11.6. The van der Waals surface area contributed by atoms with Gasteiger partial charge in [-0.05, 0) is 53.6 Å². The summed E-state index contributed by atoms with van der Waals surface area (Å²) < 4.78 is 1.22. The Kier molecular flexibility index (Phi) is 9.30. The van der Waals surface area contributed by atoms with Crippen molar-refractivity contribution in [1.82, 2.24) is 10.6 Å². The average molecular weight is 436 g/mol. The Morgan fingerprint density at radius 1 is 1.32 bits per heavy atom. The SMILES string of the molecule is C[C@H](CCC(=O)O)NC(=O)NCCSCc1ccc(I)cc1. The van der Waals surface area contributed by atoms with Crippen molar-refractivity contribution >= 4 is 46.4 Å². The summed E-state index contributed by atoms with van der Waals surface area (Å²) in [6, 6.07) is 8.00. The molecule has 0 aliphatic carbocycles. The molecule has 0 bridgehead atoms.